The van der Waals surface area contributed by atoms with Gasteiger partial charge in [0.1, 0.15) is 6.07 Å². The molecule has 0 fully saturated rings. The van der Waals surface area contributed by atoms with Crippen LogP contribution >= 0.6 is 0 Å². The van der Waals surface area contributed by atoms with Crippen LogP contribution in [0.15, 0.2) is 6.20 Å². The van der Waals surface area contributed by atoms with Crippen molar-refractivity contribution in [2.45, 2.75) is 13.8 Å². The van der Waals surface area contributed by atoms with E-state index in [0.717, 1.165) is 0 Å². The number of carboxylic acid groups (broad SMARTS) is 1. The summed E-state index contributed by atoms with van der Waals surface area (Å²) < 4.78 is 114. The topological polar surface area (TPSA) is 482 Å². The average Bonchev–Trinajstić information content (AvgIpc) is 3.20. The number of nitriles is 1. The molecule has 0 aliphatic rings. The van der Waals surface area contributed by atoms with E-state index in [-0.39, 0.29) is 202 Å². The second kappa shape index (κ2) is 43.6. The van der Waals surface area contributed by atoms with Crippen LogP contribution in [-0.4, -0.2) is 176 Å². The Morgan fingerprint density at radius 1 is 0.736 bits per heavy atom. The van der Waals surface area contributed by atoms with Crippen molar-refractivity contribution in [3.8, 4) is 6.07 Å². The molecule has 0 saturated heterocycles. The minimum atomic E-state index is -4.43. The zero-order valence-corrected chi connectivity index (χ0v) is 51.5. The predicted octanol–water partition coefficient (Wildman–Crippen LogP) is -15.2. The molecule has 0 aromatic carbocycles. The van der Waals surface area contributed by atoms with Crippen LogP contribution < -0.4 is 149 Å². The van der Waals surface area contributed by atoms with E-state index in [1.807, 2.05) is 0 Å². The third kappa shape index (κ3) is 38.8. The summed E-state index contributed by atoms with van der Waals surface area (Å²) in [7, 11) is -8.30. The number of carboxylic acids is 1. The summed E-state index contributed by atoms with van der Waals surface area (Å²) in [5, 5.41) is 27.7. The molecule has 32 nitrogen and oxygen atoms in total. The van der Waals surface area contributed by atoms with Crippen molar-refractivity contribution in [2.75, 3.05) is 86.3 Å². The summed E-state index contributed by atoms with van der Waals surface area (Å²) in [5.41, 5.74) is 0.648. The minimum Gasteiger partial charge on any atom is -0.748 e. The molecule has 3 heterocycles. The SMILES string of the molecule is Cc1cnc(N(C)C)c(C(=O)O)n1.O=C=O.O=S(=O)=O.O=S(=O)=O.[C-]#[N+]c1nc(NCCS(=O)(=O)[O-])c(C#N)nc1NC[CH2-].[CH2-]CNC(=O)c1nc(C)c(C(=O)NCCS(=O)(=O)[O-])nc1N(C)C.[Na+].[Na+].[Na+].[Na+]. The maximum atomic E-state index is 12.1. The van der Waals surface area contributed by atoms with Crippen LogP contribution in [0.2, 0.25) is 0 Å². The second-order valence-electron chi connectivity index (χ2n) is 11.8. The Balaban J connectivity index is -0.000000159. The monoisotopic (exact) mass is 1130 g/mol. The number of aromatic nitrogens is 6. The molecule has 3 rings (SSSR count). The van der Waals surface area contributed by atoms with Crippen molar-refractivity contribution in [3.05, 3.63) is 65.6 Å². The first-order valence-electron chi connectivity index (χ1n) is 17.4. The molecular formula is C32H40N14Na4O18S4. The van der Waals surface area contributed by atoms with Crippen molar-refractivity contribution < 1.29 is 199 Å². The van der Waals surface area contributed by atoms with Crippen molar-refractivity contribution in [1.29, 1.82) is 5.26 Å². The van der Waals surface area contributed by atoms with Gasteiger partial charge in [-0.05, 0) is 13.8 Å². The number of amides is 2. The molecule has 0 saturated carbocycles. The number of nitrogens with one attached hydrogen (secondary N) is 4. The van der Waals surface area contributed by atoms with E-state index in [4.69, 9.17) is 51.8 Å². The third-order valence-corrected chi connectivity index (χ3v) is 7.76. The number of rotatable bonds is 15. The van der Waals surface area contributed by atoms with Gasteiger partial charge in [-0.25, -0.2) is 46.6 Å². The van der Waals surface area contributed by atoms with Crippen LogP contribution in [0.3, 0.4) is 0 Å². The maximum Gasteiger partial charge on any atom is 1.00 e. The number of aromatic carboxylic acids is 1. The number of hydrogen-bond acceptors (Lipinski definition) is 28. The van der Waals surface area contributed by atoms with Crippen LogP contribution in [0.4, 0.5) is 29.1 Å². The fourth-order valence-corrected chi connectivity index (χ4v) is 4.64. The molecule has 0 unspecified atom stereocenters. The standard InChI is InChI=1S/C13H20N5O5S.C10H11N6O3S.C8H11N3O2.CO2.4Na.2O3S/c1-5-14-13(20)10-11(18(3)4)17-9(8(2)16-10)12(19)15-6-7-24(21,22)23;1-3-13-10-9(12-2)16-8(7(6-11)15-10)14-4-5-20(17,18)19;1-5-4-9-7(11(2)3)6(10-5)8(12)13;2-1-3;;;;;2*1-4(2)3/h1,5-7H2,2-4H3,(H,14,20)(H,15,19)(H,21,22,23);1,3-5H2,(H,13,15)(H,14,16)(H,17,18,19);4H,1-3H3,(H,12,13);;;;;;;/q2*-1;;;4*+1;;/p-2. The molecule has 0 radical (unpaired) electrons. The van der Waals surface area contributed by atoms with Gasteiger partial charge in [0, 0.05) is 41.3 Å². The van der Waals surface area contributed by atoms with E-state index in [1.165, 1.54) is 11.8 Å². The van der Waals surface area contributed by atoms with Gasteiger partial charge in [0.25, 0.3) is 17.6 Å². The molecule has 0 aliphatic heterocycles. The first-order chi connectivity index (χ1) is 31.4. The zero-order valence-electron chi connectivity index (χ0n) is 40.2. The summed E-state index contributed by atoms with van der Waals surface area (Å²) >= 11 is 0. The molecule has 0 bridgehead atoms. The summed E-state index contributed by atoms with van der Waals surface area (Å²) in [6.07, 6.45) is 1.79. The van der Waals surface area contributed by atoms with Crippen molar-refractivity contribution in [3.63, 3.8) is 0 Å². The Bertz CT molecular complexity index is 2780. The van der Waals surface area contributed by atoms with E-state index >= 15 is 0 Å². The van der Waals surface area contributed by atoms with Crippen molar-refractivity contribution >= 4 is 94.5 Å². The third-order valence-electron chi connectivity index (χ3n) is 6.35. The van der Waals surface area contributed by atoms with Gasteiger partial charge < -0.3 is 64.0 Å². The fourth-order valence-electron chi connectivity index (χ4n) is 3.94. The van der Waals surface area contributed by atoms with Gasteiger partial charge in [-0.2, -0.15) is 14.9 Å². The minimum absolute atomic E-state index is 0. The van der Waals surface area contributed by atoms with Crippen LogP contribution in [0, 0.1) is 45.6 Å². The number of aryl methyl sites for hydroxylation is 2. The molecule has 3 aromatic heterocycles. The van der Waals surface area contributed by atoms with Gasteiger partial charge in [0.05, 0.1) is 49.3 Å². The number of hydrogen-bond donors (Lipinski definition) is 5. The summed E-state index contributed by atoms with van der Waals surface area (Å²) in [6, 6.07) is 1.77. The largest absolute Gasteiger partial charge is 1.00 e. The van der Waals surface area contributed by atoms with Crippen LogP contribution in [0.5, 0.6) is 0 Å². The molecule has 72 heavy (non-hydrogen) atoms. The predicted molar refractivity (Wildman–Crippen MR) is 228 cm³/mol. The van der Waals surface area contributed by atoms with E-state index in [1.54, 1.807) is 52.3 Å². The number of carbonyl (C=O) groups is 3. The second-order valence-corrected chi connectivity index (χ2v) is 15.7. The van der Waals surface area contributed by atoms with Gasteiger partial charge in [0.2, 0.25) is 5.69 Å². The van der Waals surface area contributed by atoms with Gasteiger partial charge in [-0.3, -0.25) is 9.59 Å². The summed E-state index contributed by atoms with van der Waals surface area (Å²) in [4.78, 5) is 81.2. The van der Waals surface area contributed by atoms with Crippen LogP contribution in [0.1, 0.15) is 48.5 Å². The zero-order chi connectivity index (χ0) is 53.5. The Labute approximate surface area is 504 Å². The molecule has 3 aromatic rings. The van der Waals surface area contributed by atoms with E-state index in [2.05, 4.69) is 69.9 Å². The molecule has 374 valence electrons. The smallest absolute Gasteiger partial charge is 0.748 e. The van der Waals surface area contributed by atoms with Crippen LogP contribution in [0.25, 0.3) is 4.85 Å². The van der Waals surface area contributed by atoms with Crippen LogP contribution in [-0.2, 0) is 51.0 Å². The Kier molecular flexibility index (Phi) is 49.9. The van der Waals surface area contributed by atoms with E-state index in [9.17, 15) is 40.3 Å². The molecule has 0 spiro atoms. The van der Waals surface area contributed by atoms with Gasteiger partial charge >= 0.3 is 157 Å². The molecule has 5 N–H and O–H groups in total. The van der Waals surface area contributed by atoms with Gasteiger partial charge in [-0.15, -0.1) is 38.3 Å². The first-order valence-corrected chi connectivity index (χ1v) is 22.6. The molecule has 2 amide bonds. The normalized spacial score (nSPS) is 9.11. The van der Waals surface area contributed by atoms with Crippen molar-refractivity contribution in [1.82, 2.24) is 40.5 Å². The molecule has 40 heteroatoms. The molecule has 0 atom stereocenters. The van der Waals surface area contributed by atoms with E-state index in [0.29, 0.717) is 11.5 Å². The first kappa shape index (κ1) is 82.3. The maximum absolute atomic E-state index is 12.1. The van der Waals surface area contributed by atoms with Gasteiger partial charge in [0.15, 0.2) is 34.5 Å². The fraction of sp³-hybridized carbons (Fsp3) is 0.375. The number of anilines is 4. The van der Waals surface area contributed by atoms with E-state index < -0.39 is 70.7 Å². The molecular weight excluding hydrogens is 1090 g/mol. The van der Waals surface area contributed by atoms with Crippen molar-refractivity contribution in [2.24, 2.45) is 0 Å². The number of nitrogens with zero attached hydrogens (tertiary/aromatic N) is 10. The Morgan fingerprint density at radius 3 is 1.58 bits per heavy atom. The Hall–Kier alpha value is -3.73. The Morgan fingerprint density at radius 2 is 1.19 bits per heavy atom. The van der Waals surface area contributed by atoms with Gasteiger partial charge in [-0.1, -0.05) is 11.6 Å². The summed E-state index contributed by atoms with van der Waals surface area (Å²) in [5.74, 6) is -3.07. The average molecular weight is 1130 g/mol. The quantitative estimate of drug-likeness (QED) is 0.0536. The summed E-state index contributed by atoms with van der Waals surface area (Å²) in [6.45, 7) is 17.1. The number of carbonyl (C=O) groups excluding carboxylic acids is 4. The molecule has 0 aliphatic carbocycles.